The number of methoxy groups -OCH3 is 2. The Balaban J connectivity index is 2.11. The smallest absolute Gasteiger partial charge is 0.193 e. The molecule has 124 valence electrons. The Morgan fingerprint density at radius 1 is 1.35 bits per heavy atom. The lowest BCUT2D eigenvalue weighted by atomic mass is 10.0. The molecule has 2 rings (SSSR count). The predicted molar refractivity (Wildman–Crippen MR) is 87.9 cm³/mol. The van der Waals surface area contributed by atoms with Gasteiger partial charge in [0, 0.05) is 6.07 Å². The lowest BCUT2D eigenvalue weighted by molar-refractivity contribution is 0.0438. The van der Waals surface area contributed by atoms with Gasteiger partial charge >= 0.3 is 0 Å². The Hall–Kier alpha value is -2.67. The summed E-state index contributed by atoms with van der Waals surface area (Å²) < 4.78 is 15.6. The quantitative estimate of drug-likeness (QED) is 0.555. The average Bonchev–Trinajstić information content (AvgIpc) is 3.08. The first kappa shape index (κ1) is 16.7. The summed E-state index contributed by atoms with van der Waals surface area (Å²) in [5.41, 5.74) is 5.26. The average molecular weight is 319 g/mol. The van der Waals surface area contributed by atoms with Crippen LogP contribution in [0.25, 0.3) is 0 Å². The molecule has 0 aliphatic carbocycles. The van der Waals surface area contributed by atoms with Crippen molar-refractivity contribution in [2.75, 3.05) is 26.1 Å². The SMILES string of the molecule is COc1ccc(OC)c(NC(N)=NCC(C)(O)c2ccco2)c1. The Labute approximate surface area is 134 Å². The molecule has 0 saturated heterocycles. The molecule has 0 fully saturated rings. The molecular formula is C16H21N3O4. The van der Waals surface area contributed by atoms with Crippen molar-refractivity contribution >= 4 is 11.6 Å². The van der Waals surface area contributed by atoms with Crippen molar-refractivity contribution < 1.29 is 19.0 Å². The number of nitrogens with zero attached hydrogens (tertiary/aromatic N) is 1. The van der Waals surface area contributed by atoms with E-state index in [0.717, 1.165) is 0 Å². The number of ether oxygens (including phenoxy) is 2. The van der Waals surface area contributed by atoms with E-state index in [1.54, 1.807) is 51.5 Å². The van der Waals surface area contributed by atoms with Crippen LogP contribution >= 0.6 is 0 Å². The second-order valence-electron chi connectivity index (χ2n) is 5.14. The molecule has 0 spiro atoms. The minimum Gasteiger partial charge on any atom is -0.497 e. The fraction of sp³-hybridized carbons (Fsp3) is 0.312. The van der Waals surface area contributed by atoms with Crippen molar-refractivity contribution in [1.29, 1.82) is 0 Å². The minimum absolute atomic E-state index is 0.0473. The van der Waals surface area contributed by atoms with Crippen molar-refractivity contribution in [2.45, 2.75) is 12.5 Å². The summed E-state index contributed by atoms with van der Waals surface area (Å²) in [5, 5.41) is 13.3. The zero-order chi connectivity index (χ0) is 16.9. The van der Waals surface area contributed by atoms with Gasteiger partial charge in [0.25, 0.3) is 0 Å². The van der Waals surface area contributed by atoms with Gasteiger partial charge in [-0.1, -0.05) is 0 Å². The second kappa shape index (κ2) is 7.06. The van der Waals surface area contributed by atoms with E-state index < -0.39 is 5.60 Å². The van der Waals surface area contributed by atoms with E-state index in [2.05, 4.69) is 10.3 Å². The Kier molecular flexibility index (Phi) is 5.13. The molecule has 1 aromatic heterocycles. The zero-order valence-corrected chi connectivity index (χ0v) is 13.4. The molecule has 7 heteroatoms. The van der Waals surface area contributed by atoms with E-state index >= 15 is 0 Å². The van der Waals surface area contributed by atoms with Crippen molar-refractivity contribution in [3.8, 4) is 11.5 Å². The molecule has 0 aliphatic heterocycles. The third-order valence-corrected chi connectivity index (χ3v) is 3.28. The summed E-state index contributed by atoms with van der Waals surface area (Å²) in [6.45, 7) is 1.65. The first-order chi connectivity index (χ1) is 11.0. The maximum atomic E-state index is 10.3. The fourth-order valence-electron chi connectivity index (χ4n) is 1.99. The van der Waals surface area contributed by atoms with Gasteiger partial charge in [0.1, 0.15) is 22.9 Å². The number of aliphatic hydroxyl groups is 1. The largest absolute Gasteiger partial charge is 0.497 e. The predicted octanol–water partition coefficient (Wildman–Crippen LogP) is 1.93. The van der Waals surface area contributed by atoms with Crippen molar-refractivity contribution in [1.82, 2.24) is 0 Å². The van der Waals surface area contributed by atoms with Gasteiger partial charge in [-0.25, -0.2) is 4.99 Å². The van der Waals surface area contributed by atoms with Gasteiger partial charge in [-0.2, -0.15) is 0 Å². The van der Waals surface area contributed by atoms with Crippen LogP contribution < -0.4 is 20.5 Å². The zero-order valence-electron chi connectivity index (χ0n) is 13.4. The normalized spacial score (nSPS) is 14.2. The number of hydrogen-bond acceptors (Lipinski definition) is 5. The number of anilines is 1. The highest BCUT2D eigenvalue weighted by Crippen LogP contribution is 2.28. The monoisotopic (exact) mass is 319 g/mol. The standard InChI is InChI=1S/C16H21N3O4/c1-16(20,14-5-4-8-23-14)10-18-15(17)19-12-9-11(21-2)6-7-13(12)22-3/h4-9,20H,10H2,1-3H3,(H3,17,18,19). The molecule has 2 aromatic rings. The molecule has 1 atom stereocenters. The first-order valence-corrected chi connectivity index (χ1v) is 7.01. The summed E-state index contributed by atoms with van der Waals surface area (Å²) in [7, 11) is 3.13. The number of rotatable bonds is 6. The van der Waals surface area contributed by atoms with E-state index in [4.69, 9.17) is 19.6 Å². The Morgan fingerprint density at radius 3 is 2.74 bits per heavy atom. The molecule has 23 heavy (non-hydrogen) atoms. The van der Waals surface area contributed by atoms with Crippen LogP contribution in [0.3, 0.4) is 0 Å². The van der Waals surface area contributed by atoms with Gasteiger partial charge in [0.05, 0.1) is 32.7 Å². The van der Waals surface area contributed by atoms with E-state index in [1.165, 1.54) is 6.26 Å². The van der Waals surface area contributed by atoms with Crippen LogP contribution in [0.4, 0.5) is 5.69 Å². The molecule has 1 aromatic carbocycles. The second-order valence-corrected chi connectivity index (χ2v) is 5.14. The minimum atomic E-state index is -1.24. The molecule has 4 N–H and O–H groups in total. The van der Waals surface area contributed by atoms with Crippen LogP contribution in [-0.2, 0) is 5.60 Å². The molecule has 7 nitrogen and oxygen atoms in total. The van der Waals surface area contributed by atoms with Crippen LogP contribution in [0.1, 0.15) is 12.7 Å². The third kappa shape index (κ3) is 4.17. The summed E-state index contributed by atoms with van der Waals surface area (Å²) >= 11 is 0. The van der Waals surface area contributed by atoms with Crippen molar-refractivity contribution in [3.63, 3.8) is 0 Å². The maximum absolute atomic E-state index is 10.3. The van der Waals surface area contributed by atoms with Gasteiger partial charge in [-0.3, -0.25) is 0 Å². The van der Waals surface area contributed by atoms with Crippen LogP contribution in [0.2, 0.25) is 0 Å². The highest BCUT2D eigenvalue weighted by atomic mass is 16.5. The number of hydrogen-bond donors (Lipinski definition) is 3. The van der Waals surface area contributed by atoms with Gasteiger partial charge < -0.3 is 30.0 Å². The lowest BCUT2D eigenvalue weighted by Crippen LogP contribution is -2.29. The third-order valence-electron chi connectivity index (χ3n) is 3.28. The van der Waals surface area contributed by atoms with Crippen LogP contribution in [0.5, 0.6) is 11.5 Å². The highest BCUT2D eigenvalue weighted by molar-refractivity contribution is 5.94. The number of furan rings is 1. The first-order valence-electron chi connectivity index (χ1n) is 7.01. The van der Waals surface area contributed by atoms with Gasteiger partial charge in [0.2, 0.25) is 0 Å². The molecule has 0 amide bonds. The summed E-state index contributed by atoms with van der Waals surface area (Å²) in [4.78, 5) is 4.15. The number of nitrogens with two attached hydrogens (primary N) is 1. The lowest BCUT2D eigenvalue weighted by Gasteiger charge is -2.18. The molecule has 0 radical (unpaired) electrons. The highest BCUT2D eigenvalue weighted by Gasteiger charge is 2.25. The number of nitrogens with one attached hydrogen (secondary N) is 1. The molecule has 0 saturated carbocycles. The van der Waals surface area contributed by atoms with E-state index in [9.17, 15) is 5.11 Å². The van der Waals surface area contributed by atoms with Crippen LogP contribution in [0, 0.1) is 0 Å². The topological polar surface area (TPSA) is 102 Å². The molecule has 0 aliphatic rings. The van der Waals surface area contributed by atoms with Crippen LogP contribution in [-0.4, -0.2) is 31.8 Å². The van der Waals surface area contributed by atoms with Gasteiger partial charge in [-0.15, -0.1) is 0 Å². The molecule has 0 bridgehead atoms. The fourth-order valence-corrected chi connectivity index (χ4v) is 1.99. The number of guanidine groups is 1. The summed E-state index contributed by atoms with van der Waals surface area (Å²) in [5.74, 6) is 1.82. The van der Waals surface area contributed by atoms with E-state index in [0.29, 0.717) is 22.9 Å². The van der Waals surface area contributed by atoms with E-state index in [-0.39, 0.29) is 12.5 Å². The summed E-state index contributed by atoms with van der Waals surface area (Å²) in [6.07, 6.45) is 1.50. The van der Waals surface area contributed by atoms with Crippen LogP contribution in [0.15, 0.2) is 46.0 Å². The van der Waals surface area contributed by atoms with Crippen molar-refractivity contribution in [2.24, 2.45) is 10.7 Å². The molecule has 1 unspecified atom stereocenters. The Bertz CT molecular complexity index is 666. The maximum Gasteiger partial charge on any atom is 0.193 e. The molecule has 1 heterocycles. The number of benzene rings is 1. The van der Waals surface area contributed by atoms with Crippen molar-refractivity contribution in [3.05, 3.63) is 42.4 Å². The van der Waals surface area contributed by atoms with Gasteiger partial charge in [0.15, 0.2) is 5.96 Å². The molecular weight excluding hydrogens is 298 g/mol. The van der Waals surface area contributed by atoms with Gasteiger partial charge in [-0.05, 0) is 31.2 Å². The Morgan fingerprint density at radius 2 is 2.13 bits per heavy atom. The van der Waals surface area contributed by atoms with E-state index in [1.807, 2.05) is 0 Å². The summed E-state index contributed by atoms with van der Waals surface area (Å²) in [6, 6.07) is 8.67. The number of aliphatic imine (C=N–C) groups is 1.